The molecule has 13 heavy (non-hydrogen) atoms. The van der Waals surface area contributed by atoms with Crippen LogP contribution in [0, 0.1) is 0 Å². The normalized spacial score (nSPS) is 13.2. The maximum Gasteiger partial charge on any atom is 0.128 e. The predicted molar refractivity (Wildman–Crippen MR) is 51.6 cm³/mol. The highest BCUT2D eigenvalue weighted by molar-refractivity contribution is 6.29. The van der Waals surface area contributed by atoms with Gasteiger partial charge in [0.15, 0.2) is 0 Å². The average Bonchev–Trinajstić information content (AvgIpc) is 2.35. The molecule has 0 aromatic carbocycles. The molecule has 0 amide bonds. The molecular weight excluding hydrogens is 190 g/mol. The van der Waals surface area contributed by atoms with Crippen LogP contribution in [0.3, 0.4) is 0 Å². The molecule has 1 atom stereocenters. The molecular formula is C8H14ClN3O. The van der Waals surface area contributed by atoms with Crippen molar-refractivity contribution in [2.75, 3.05) is 6.54 Å². The van der Waals surface area contributed by atoms with Crippen molar-refractivity contribution in [1.82, 2.24) is 14.9 Å². The fraction of sp³-hybridized carbons (Fsp3) is 0.625. The van der Waals surface area contributed by atoms with Crippen LogP contribution in [0.1, 0.15) is 12.7 Å². The third kappa shape index (κ3) is 2.99. The monoisotopic (exact) mass is 203 g/mol. The van der Waals surface area contributed by atoms with Gasteiger partial charge in [0, 0.05) is 13.6 Å². The number of hydrogen-bond acceptors (Lipinski definition) is 3. The topological polar surface area (TPSA) is 50.1 Å². The Hall–Kier alpha value is -0.580. The molecule has 0 saturated carbocycles. The van der Waals surface area contributed by atoms with E-state index < -0.39 is 0 Å². The van der Waals surface area contributed by atoms with Gasteiger partial charge in [-0.2, -0.15) is 0 Å². The quantitative estimate of drug-likeness (QED) is 0.751. The Morgan fingerprint density at radius 2 is 2.46 bits per heavy atom. The Bertz CT molecular complexity index is 272. The molecule has 0 aliphatic heterocycles. The number of nitrogens with one attached hydrogen (secondary N) is 1. The van der Waals surface area contributed by atoms with E-state index in [1.54, 1.807) is 17.7 Å². The third-order valence-corrected chi connectivity index (χ3v) is 2.10. The first-order valence-corrected chi connectivity index (χ1v) is 4.54. The van der Waals surface area contributed by atoms with Gasteiger partial charge >= 0.3 is 0 Å². The van der Waals surface area contributed by atoms with Gasteiger partial charge in [-0.15, -0.1) is 0 Å². The van der Waals surface area contributed by atoms with Crippen molar-refractivity contribution in [3.63, 3.8) is 0 Å². The van der Waals surface area contributed by atoms with E-state index >= 15 is 0 Å². The molecule has 0 radical (unpaired) electrons. The van der Waals surface area contributed by atoms with Crippen LogP contribution >= 0.6 is 11.6 Å². The highest BCUT2D eigenvalue weighted by Crippen LogP contribution is 2.08. The van der Waals surface area contributed by atoms with E-state index in [0.717, 1.165) is 5.82 Å². The lowest BCUT2D eigenvalue weighted by atomic mass is 10.4. The summed E-state index contributed by atoms with van der Waals surface area (Å²) < 4.78 is 1.80. The molecule has 5 heteroatoms. The Kier molecular flexibility index (Phi) is 3.71. The van der Waals surface area contributed by atoms with E-state index in [4.69, 9.17) is 16.7 Å². The van der Waals surface area contributed by atoms with Crippen molar-refractivity contribution in [2.45, 2.75) is 19.6 Å². The number of halogens is 1. The largest absolute Gasteiger partial charge is 0.392 e. The lowest BCUT2D eigenvalue weighted by Crippen LogP contribution is -2.25. The van der Waals surface area contributed by atoms with Crippen LogP contribution in [-0.2, 0) is 13.6 Å². The van der Waals surface area contributed by atoms with Crippen molar-refractivity contribution in [2.24, 2.45) is 7.05 Å². The molecule has 0 aliphatic rings. The number of rotatable bonds is 4. The van der Waals surface area contributed by atoms with E-state index in [1.165, 1.54) is 0 Å². The predicted octanol–water partition coefficient (Wildman–Crippen LogP) is 0.544. The zero-order valence-electron chi connectivity index (χ0n) is 7.79. The lowest BCUT2D eigenvalue weighted by Gasteiger charge is -2.06. The fourth-order valence-corrected chi connectivity index (χ4v) is 1.13. The number of imidazole rings is 1. The van der Waals surface area contributed by atoms with Gasteiger partial charge in [0.25, 0.3) is 0 Å². The summed E-state index contributed by atoms with van der Waals surface area (Å²) in [6.07, 6.45) is 1.27. The number of aromatic nitrogens is 2. The second kappa shape index (κ2) is 4.60. The van der Waals surface area contributed by atoms with Gasteiger partial charge in [-0.3, -0.25) is 0 Å². The number of aliphatic hydroxyl groups is 1. The Labute approximate surface area is 82.5 Å². The van der Waals surface area contributed by atoms with Crippen molar-refractivity contribution < 1.29 is 5.11 Å². The minimum Gasteiger partial charge on any atom is -0.392 e. The molecule has 1 aromatic rings. The minimum absolute atomic E-state index is 0.337. The van der Waals surface area contributed by atoms with Crippen molar-refractivity contribution in [3.05, 3.63) is 17.2 Å². The molecule has 4 nitrogen and oxygen atoms in total. The van der Waals surface area contributed by atoms with Crippen molar-refractivity contribution in [3.8, 4) is 0 Å². The first kappa shape index (κ1) is 10.5. The summed E-state index contributed by atoms with van der Waals surface area (Å²) in [7, 11) is 1.86. The molecule has 0 spiro atoms. The highest BCUT2D eigenvalue weighted by Gasteiger charge is 2.03. The van der Waals surface area contributed by atoms with Crippen LogP contribution in [0.15, 0.2) is 6.20 Å². The first-order chi connectivity index (χ1) is 6.11. The maximum atomic E-state index is 8.99. The Morgan fingerprint density at radius 1 is 1.77 bits per heavy atom. The van der Waals surface area contributed by atoms with Gasteiger partial charge in [-0.1, -0.05) is 11.6 Å². The maximum absolute atomic E-state index is 8.99. The van der Waals surface area contributed by atoms with Gasteiger partial charge in [-0.05, 0) is 6.92 Å². The molecule has 0 bridgehead atoms. The van der Waals surface area contributed by atoms with Gasteiger partial charge in [0.05, 0.1) is 18.8 Å². The second-order valence-electron chi connectivity index (χ2n) is 3.04. The smallest absolute Gasteiger partial charge is 0.128 e. The molecule has 0 fully saturated rings. The van der Waals surface area contributed by atoms with Crippen LogP contribution in [0.5, 0.6) is 0 Å². The number of aliphatic hydroxyl groups excluding tert-OH is 1. The molecule has 0 aliphatic carbocycles. The van der Waals surface area contributed by atoms with Crippen molar-refractivity contribution in [1.29, 1.82) is 0 Å². The van der Waals surface area contributed by atoms with E-state index in [1.807, 2.05) is 7.05 Å². The summed E-state index contributed by atoms with van der Waals surface area (Å²) in [6.45, 7) is 2.91. The van der Waals surface area contributed by atoms with E-state index in [0.29, 0.717) is 18.2 Å². The number of nitrogens with zero attached hydrogens (tertiary/aromatic N) is 2. The van der Waals surface area contributed by atoms with Gasteiger partial charge in [0.2, 0.25) is 0 Å². The van der Waals surface area contributed by atoms with Crippen LogP contribution in [0.2, 0.25) is 5.15 Å². The fourth-order valence-electron chi connectivity index (χ4n) is 0.981. The van der Waals surface area contributed by atoms with E-state index in [-0.39, 0.29) is 6.10 Å². The SMILES string of the molecule is CC(O)CNCc1ncc(Cl)n1C. The minimum atomic E-state index is -0.337. The van der Waals surface area contributed by atoms with Crippen LogP contribution in [-0.4, -0.2) is 27.3 Å². The average molecular weight is 204 g/mol. The summed E-state index contributed by atoms with van der Waals surface area (Å²) in [6, 6.07) is 0. The Morgan fingerprint density at radius 3 is 2.92 bits per heavy atom. The lowest BCUT2D eigenvalue weighted by molar-refractivity contribution is 0.190. The zero-order chi connectivity index (χ0) is 9.84. The molecule has 1 aromatic heterocycles. The molecule has 0 saturated heterocycles. The molecule has 74 valence electrons. The van der Waals surface area contributed by atoms with Gasteiger partial charge in [-0.25, -0.2) is 4.98 Å². The number of hydrogen-bond donors (Lipinski definition) is 2. The van der Waals surface area contributed by atoms with Crippen molar-refractivity contribution >= 4 is 11.6 Å². The molecule has 2 N–H and O–H groups in total. The third-order valence-electron chi connectivity index (χ3n) is 1.75. The van der Waals surface area contributed by atoms with Gasteiger partial charge in [0.1, 0.15) is 11.0 Å². The zero-order valence-corrected chi connectivity index (χ0v) is 8.54. The molecule has 1 heterocycles. The summed E-state index contributed by atoms with van der Waals surface area (Å²) in [4.78, 5) is 4.10. The highest BCUT2D eigenvalue weighted by atomic mass is 35.5. The molecule has 1 rings (SSSR count). The Balaban J connectivity index is 2.41. The second-order valence-corrected chi connectivity index (χ2v) is 3.42. The summed E-state index contributed by atoms with van der Waals surface area (Å²) in [5, 5.41) is 12.7. The standard InChI is InChI=1S/C8H14ClN3O/c1-6(13)3-10-5-8-11-4-7(9)12(8)2/h4,6,10,13H,3,5H2,1-2H3. The van der Waals surface area contributed by atoms with E-state index in [2.05, 4.69) is 10.3 Å². The van der Waals surface area contributed by atoms with Gasteiger partial charge < -0.3 is 15.0 Å². The summed E-state index contributed by atoms with van der Waals surface area (Å²) in [5.41, 5.74) is 0. The van der Waals surface area contributed by atoms with Crippen LogP contribution < -0.4 is 5.32 Å². The molecule has 1 unspecified atom stereocenters. The van der Waals surface area contributed by atoms with Crippen LogP contribution in [0.25, 0.3) is 0 Å². The van der Waals surface area contributed by atoms with E-state index in [9.17, 15) is 0 Å². The van der Waals surface area contributed by atoms with Crippen LogP contribution in [0.4, 0.5) is 0 Å². The first-order valence-electron chi connectivity index (χ1n) is 4.16. The summed E-state index contributed by atoms with van der Waals surface area (Å²) >= 11 is 5.79. The summed E-state index contributed by atoms with van der Waals surface area (Å²) in [5.74, 6) is 0.866.